The van der Waals surface area contributed by atoms with Crippen molar-refractivity contribution in [3.63, 3.8) is 0 Å². The molecule has 0 bridgehead atoms. The van der Waals surface area contributed by atoms with E-state index in [2.05, 4.69) is 0 Å². The van der Waals surface area contributed by atoms with Crippen LogP contribution in [0.1, 0.15) is 11.1 Å². The van der Waals surface area contributed by atoms with Crippen LogP contribution in [0.2, 0.25) is 0 Å². The smallest absolute Gasteiger partial charge is 0.133 e. The van der Waals surface area contributed by atoms with Crippen LogP contribution in [0.4, 0.5) is 0 Å². The number of phenolic OH excluding ortho intramolecular Hbond substituents is 2. The Kier molecular flexibility index (Phi) is 3.22. The van der Waals surface area contributed by atoms with Gasteiger partial charge in [-0.05, 0) is 24.3 Å². The van der Waals surface area contributed by atoms with Gasteiger partial charge in [0.25, 0.3) is 0 Å². The Hall–Kier alpha value is -3.18. The van der Waals surface area contributed by atoms with Gasteiger partial charge in [0.1, 0.15) is 35.1 Å². The molecule has 0 aromatic heterocycles. The zero-order chi connectivity index (χ0) is 13.8. The molecule has 0 saturated carbocycles. The van der Waals surface area contributed by atoms with Gasteiger partial charge in [-0.15, -0.1) is 0 Å². The summed E-state index contributed by atoms with van der Waals surface area (Å²) in [5.41, 5.74) is 0.188. The van der Waals surface area contributed by atoms with Crippen LogP contribution < -0.4 is 4.74 Å². The Morgan fingerprint density at radius 3 is 1.58 bits per heavy atom. The number of nitrogens with zero attached hydrogens (tertiary/aromatic N) is 2. The van der Waals surface area contributed by atoms with Gasteiger partial charge in [-0.25, -0.2) is 0 Å². The number of hydrogen-bond donors (Lipinski definition) is 2. The topological polar surface area (TPSA) is 97.3 Å². The molecule has 2 aromatic carbocycles. The Morgan fingerprint density at radius 1 is 0.789 bits per heavy atom. The Labute approximate surface area is 109 Å². The van der Waals surface area contributed by atoms with Crippen molar-refractivity contribution >= 4 is 0 Å². The molecule has 0 saturated heterocycles. The number of benzene rings is 2. The lowest BCUT2D eigenvalue weighted by Crippen LogP contribution is -1.87. The van der Waals surface area contributed by atoms with Gasteiger partial charge in [-0.3, -0.25) is 0 Å². The summed E-state index contributed by atoms with van der Waals surface area (Å²) >= 11 is 0. The van der Waals surface area contributed by atoms with Crippen molar-refractivity contribution in [2.45, 2.75) is 0 Å². The number of phenols is 2. The molecule has 0 atom stereocenters. The van der Waals surface area contributed by atoms with Gasteiger partial charge in [0.05, 0.1) is 11.1 Å². The van der Waals surface area contributed by atoms with Crippen LogP contribution in [-0.2, 0) is 0 Å². The van der Waals surface area contributed by atoms with E-state index < -0.39 is 0 Å². The molecule has 0 heterocycles. The first-order valence-electron chi connectivity index (χ1n) is 5.28. The van der Waals surface area contributed by atoms with Crippen molar-refractivity contribution in [2.24, 2.45) is 0 Å². The first kappa shape index (κ1) is 12.3. The predicted molar refractivity (Wildman–Crippen MR) is 65.7 cm³/mol. The average molecular weight is 252 g/mol. The van der Waals surface area contributed by atoms with Crippen LogP contribution in [0.3, 0.4) is 0 Å². The molecule has 0 aliphatic rings. The molecule has 0 radical (unpaired) electrons. The molecule has 0 unspecified atom stereocenters. The number of hydrogen-bond acceptors (Lipinski definition) is 5. The fraction of sp³-hybridized carbons (Fsp3) is 0. The number of aromatic hydroxyl groups is 2. The van der Waals surface area contributed by atoms with E-state index in [4.69, 9.17) is 15.3 Å². The molecule has 5 heteroatoms. The molecule has 2 aromatic rings. The molecular weight excluding hydrogens is 244 g/mol. The van der Waals surface area contributed by atoms with Crippen molar-refractivity contribution in [2.75, 3.05) is 0 Å². The molecule has 19 heavy (non-hydrogen) atoms. The molecular formula is C14H8N2O3. The minimum Gasteiger partial charge on any atom is -0.507 e. The lowest BCUT2D eigenvalue weighted by Gasteiger charge is -2.07. The van der Waals surface area contributed by atoms with Crippen molar-refractivity contribution in [1.29, 1.82) is 10.5 Å². The summed E-state index contributed by atoms with van der Waals surface area (Å²) in [7, 11) is 0. The maximum Gasteiger partial charge on any atom is 0.133 e. The summed E-state index contributed by atoms with van der Waals surface area (Å²) in [5.74, 6) is 0.449. The van der Waals surface area contributed by atoms with Crippen molar-refractivity contribution in [1.82, 2.24) is 0 Å². The van der Waals surface area contributed by atoms with Crippen LogP contribution in [0.25, 0.3) is 0 Å². The van der Waals surface area contributed by atoms with E-state index in [-0.39, 0.29) is 22.6 Å². The van der Waals surface area contributed by atoms with Crippen LogP contribution in [0.15, 0.2) is 36.4 Å². The minimum absolute atomic E-state index is 0.0942. The summed E-state index contributed by atoms with van der Waals surface area (Å²) in [5, 5.41) is 36.3. The Morgan fingerprint density at radius 2 is 1.21 bits per heavy atom. The van der Waals surface area contributed by atoms with Gasteiger partial charge in [-0.2, -0.15) is 10.5 Å². The highest BCUT2D eigenvalue weighted by Gasteiger charge is 2.06. The molecule has 2 N–H and O–H groups in total. The van der Waals surface area contributed by atoms with E-state index in [9.17, 15) is 10.2 Å². The van der Waals surface area contributed by atoms with Crippen LogP contribution >= 0.6 is 0 Å². The quantitative estimate of drug-likeness (QED) is 0.856. The molecule has 0 aliphatic carbocycles. The molecule has 2 rings (SSSR count). The zero-order valence-corrected chi connectivity index (χ0v) is 9.66. The molecule has 0 amide bonds. The maximum absolute atomic E-state index is 9.37. The Bertz CT molecular complexity index is 650. The van der Waals surface area contributed by atoms with Gasteiger partial charge < -0.3 is 14.9 Å². The zero-order valence-electron chi connectivity index (χ0n) is 9.66. The lowest BCUT2D eigenvalue weighted by molar-refractivity contribution is 0.457. The first-order valence-corrected chi connectivity index (χ1v) is 5.28. The number of ether oxygens (including phenoxy) is 1. The lowest BCUT2D eigenvalue weighted by atomic mass is 10.2. The van der Waals surface area contributed by atoms with Gasteiger partial charge in [-0.1, -0.05) is 0 Å². The highest BCUT2D eigenvalue weighted by atomic mass is 16.5. The SMILES string of the molecule is N#Cc1cc(Oc2ccc(O)c(C#N)c2)ccc1O. The summed E-state index contributed by atoms with van der Waals surface area (Å²) in [6, 6.07) is 12.1. The maximum atomic E-state index is 9.37. The molecule has 0 spiro atoms. The van der Waals surface area contributed by atoms with E-state index in [1.807, 2.05) is 12.1 Å². The van der Waals surface area contributed by atoms with Crippen LogP contribution in [0, 0.1) is 22.7 Å². The third-order valence-electron chi connectivity index (χ3n) is 2.41. The van der Waals surface area contributed by atoms with Crippen LogP contribution in [-0.4, -0.2) is 10.2 Å². The van der Waals surface area contributed by atoms with Crippen LogP contribution in [0.5, 0.6) is 23.0 Å². The first-order chi connectivity index (χ1) is 9.13. The second-order valence-electron chi connectivity index (χ2n) is 3.68. The molecule has 5 nitrogen and oxygen atoms in total. The van der Waals surface area contributed by atoms with Gasteiger partial charge in [0.2, 0.25) is 0 Å². The van der Waals surface area contributed by atoms with E-state index in [1.54, 1.807) is 0 Å². The van der Waals surface area contributed by atoms with Crippen molar-refractivity contribution in [3.8, 4) is 35.1 Å². The van der Waals surface area contributed by atoms with Gasteiger partial charge >= 0.3 is 0 Å². The predicted octanol–water partition coefficient (Wildman–Crippen LogP) is 2.63. The highest BCUT2D eigenvalue weighted by Crippen LogP contribution is 2.29. The van der Waals surface area contributed by atoms with Crippen molar-refractivity contribution in [3.05, 3.63) is 47.5 Å². The second-order valence-corrected chi connectivity index (χ2v) is 3.68. The standard InChI is InChI=1S/C14H8N2O3/c15-7-9-5-11(1-3-13(9)17)19-12-2-4-14(18)10(6-12)8-16/h1-6,17-18H. The van der Waals surface area contributed by atoms with Gasteiger partial charge in [0.15, 0.2) is 0 Å². The fourth-order valence-electron chi connectivity index (χ4n) is 1.47. The van der Waals surface area contributed by atoms with Crippen molar-refractivity contribution < 1.29 is 14.9 Å². The van der Waals surface area contributed by atoms with E-state index in [0.29, 0.717) is 11.5 Å². The average Bonchev–Trinajstić information content (AvgIpc) is 2.43. The fourth-order valence-corrected chi connectivity index (χ4v) is 1.47. The number of nitriles is 2. The summed E-state index contributed by atoms with van der Waals surface area (Å²) in [6.07, 6.45) is 0. The third-order valence-corrected chi connectivity index (χ3v) is 2.41. The Balaban J connectivity index is 2.32. The summed E-state index contributed by atoms with van der Waals surface area (Å²) in [6.45, 7) is 0. The molecule has 0 aliphatic heterocycles. The highest BCUT2D eigenvalue weighted by molar-refractivity contribution is 5.50. The van der Waals surface area contributed by atoms with E-state index >= 15 is 0 Å². The number of rotatable bonds is 2. The minimum atomic E-state index is -0.127. The second kappa shape index (κ2) is 4.99. The normalized spacial score (nSPS) is 9.37. The van der Waals surface area contributed by atoms with E-state index in [1.165, 1.54) is 36.4 Å². The molecule has 92 valence electrons. The third kappa shape index (κ3) is 2.56. The van der Waals surface area contributed by atoms with Gasteiger partial charge in [0, 0.05) is 12.1 Å². The summed E-state index contributed by atoms with van der Waals surface area (Å²) < 4.78 is 5.45. The summed E-state index contributed by atoms with van der Waals surface area (Å²) in [4.78, 5) is 0. The van der Waals surface area contributed by atoms with E-state index in [0.717, 1.165) is 0 Å². The monoisotopic (exact) mass is 252 g/mol. The largest absolute Gasteiger partial charge is 0.507 e. The molecule has 0 fully saturated rings.